The Morgan fingerprint density at radius 3 is 2.12 bits per heavy atom. The Bertz CT molecular complexity index is 1950. The zero-order valence-corrected chi connectivity index (χ0v) is 35.6. The smallest absolute Gasteiger partial charge is 0.248 e. The standard InChI is InChI=1S/C44H61F2N7O7/c1-27(2)13-11-16-38(56)49-28(3)41(58)50-29(4)42(59)51-35(23-37(47)55)43(60)48-19-12-20-53(39(57)26-54)40(44(5,6)7)36-21-31(33-22-32(45)17-18-34(33)46)25-52(36)24-30-14-9-8-10-15-30/h8-10,14-15,17-18,21-22,25,27-29,35,40,54H,11-13,16,19-20,23-24,26H2,1-7H3,(H2,47,55)(H,48,60)(H,49,56)(H,50,58)(H,51,59)/t28-,29+,35-,40-/m0/s1. The lowest BCUT2D eigenvalue weighted by atomic mass is 9.83. The average Bonchev–Trinajstić information content (AvgIpc) is 3.57. The van der Waals surface area contributed by atoms with Gasteiger partial charge in [-0.05, 0) is 67.9 Å². The van der Waals surface area contributed by atoms with Crippen LogP contribution in [0.1, 0.15) is 97.9 Å². The molecule has 0 saturated carbocycles. The van der Waals surface area contributed by atoms with Crippen molar-refractivity contribution in [2.75, 3.05) is 19.7 Å². The summed E-state index contributed by atoms with van der Waals surface area (Å²) in [7, 11) is 0. The molecule has 0 unspecified atom stereocenters. The zero-order chi connectivity index (χ0) is 44.7. The van der Waals surface area contributed by atoms with Crippen LogP contribution >= 0.6 is 0 Å². The Hall–Kier alpha value is -5.64. The first-order valence-electron chi connectivity index (χ1n) is 20.3. The first kappa shape index (κ1) is 48.7. The molecule has 6 amide bonds. The summed E-state index contributed by atoms with van der Waals surface area (Å²) in [5.41, 5.74) is 6.67. The number of nitrogens with one attached hydrogen (secondary N) is 4. The molecule has 1 aromatic heterocycles. The van der Waals surface area contributed by atoms with E-state index < -0.39 is 83.8 Å². The maximum atomic E-state index is 15.1. The van der Waals surface area contributed by atoms with Crippen molar-refractivity contribution in [2.45, 2.75) is 111 Å². The third-order valence-electron chi connectivity index (χ3n) is 9.85. The number of nitrogens with zero attached hydrogens (tertiary/aromatic N) is 2. The first-order valence-corrected chi connectivity index (χ1v) is 20.3. The van der Waals surface area contributed by atoms with Gasteiger partial charge in [0.05, 0.1) is 12.5 Å². The lowest BCUT2D eigenvalue weighted by Gasteiger charge is -2.41. The molecule has 3 rings (SSSR count). The van der Waals surface area contributed by atoms with Gasteiger partial charge in [0.1, 0.15) is 36.4 Å². The Morgan fingerprint density at radius 1 is 0.850 bits per heavy atom. The fraction of sp³-hybridized carbons (Fsp3) is 0.500. The molecule has 0 aliphatic carbocycles. The van der Waals surface area contributed by atoms with Crippen molar-refractivity contribution >= 4 is 35.4 Å². The molecule has 328 valence electrons. The van der Waals surface area contributed by atoms with Crippen molar-refractivity contribution in [1.82, 2.24) is 30.7 Å². The van der Waals surface area contributed by atoms with Crippen molar-refractivity contribution in [3.05, 3.63) is 83.7 Å². The van der Waals surface area contributed by atoms with E-state index in [2.05, 4.69) is 21.3 Å². The molecule has 0 fully saturated rings. The summed E-state index contributed by atoms with van der Waals surface area (Å²) in [6, 6.07) is 10.2. The van der Waals surface area contributed by atoms with Crippen molar-refractivity contribution in [3.63, 3.8) is 0 Å². The largest absolute Gasteiger partial charge is 0.387 e. The van der Waals surface area contributed by atoms with Gasteiger partial charge in [-0.15, -0.1) is 0 Å². The number of benzene rings is 2. The molecule has 3 aromatic rings. The van der Waals surface area contributed by atoms with Crippen molar-refractivity contribution in [2.24, 2.45) is 17.1 Å². The number of aromatic nitrogens is 1. The quantitative estimate of drug-likeness (QED) is 0.0818. The van der Waals surface area contributed by atoms with Gasteiger partial charge >= 0.3 is 0 Å². The van der Waals surface area contributed by atoms with Crippen LogP contribution < -0.4 is 27.0 Å². The molecule has 0 aliphatic rings. The minimum absolute atomic E-state index is 0.0263. The lowest BCUT2D eigenvalue weighted by molar-refractivity contribution is -0.139. The van der Waals surface area contributed by atoms with Gasteiger partial charge in [0.2, 0.25) is 35.4 Å². The molecule has 16 heteroatoms. The second kappa shape index (κ2) is 22.7. The van der Waals surface area contributed by atoms with E-state index in [0.717, 1.165) is 30.2 Å². The first-order chi connectivity index (χ1) is 28.2. The summed E-state index contributed by atoms with van der Waals surface area (Å²) in [5, 5.41) is 20.4. The van der Waals surface area contributed by atoms with E-state index in [1.807, 2.05) is 69.5 Å². The summed E-state index contributed by atoms with van der Waals surface area (Å²) in [6.07, 6.45) is 3.11. The molecule has 4 atom stereocenters. The highest BCUT2D eigenvalue weighted by atomic mass is 19.1. The summed E-state index contributed by atoms with van der Waals surface area (Å²) in [4.78, 5) is 78.3. The summed E-state index contributed by atoms with van der Waals surface area (Å²) < 4.78 is 31.3. The van der Waals surface area contributed by atoms with Crippen LogP contribution in [0.3, 0.4) is 0 Å². The van der Waals surface area contributed by atoms with Gasteiger partial charge in [-0.1, -0.05) is 71.4 Å². The molecule has 0 radical (unpaired) electrons. The molecule has 2 aromatic carbocycles. The van der Waals surface area contributed by atoms with Crippen LogP contribution in [0, 0.1) is 23.0 Å². The van der Waals surface area contributed by atoms with Crippen LogP contribution in [0.5, 0.6) is 0 Å². The lowest BCUT2D eigenvalue weighted by Crippen LogP contribution is -2.56. The van der Waals surface area contributed by atoms with E-state index in [4.69, 9.17) is 5.73 Å². The molecular weight excluding hydrogens is 777 g/mol. The van der Waals surface area contributed by atoms with Crippen molar-refractivity contribution < 1.29 is 42.7 Å². The van der Waals surface area contributed by atoms with E-state index in [0.29, 0.717) is 30.1 Å². The monoisotopic (exact) mass is 837 g/mol. The molecule has 1 heterocycles. The number of hydrogen-bond donors (Lipinski definition) is 6. The third-order valence-corrected chi connectivity index (χ3v) is 9.85. The van der Waals surface area contributed by atoms with Crippen LogP contribution in [-0.4, -0.2) is 87.8 Å². The van der Waals surface area contributed by atoms with E-state index in [1.54, 1.807) is 12.3 Å². The molecule has 7 N–H and O–H groups in total. The number of primary amides is 1. The Balaban J connectivity index is 1.76. The normalized spacial score (nSPS) is 13.4. The van der Waals surface area contributed by atoms with Gasteiger partial charge in [-0.2, -0.15) is 0 Å². The summed E-state index contributed by atoms with van der Waals surface area (Å²) in [5.74, 6) is -4.72. The number of aliphatic hydroxyl groups excluding tert-OH is 1. The van der Waals surface area contributed by atoms with Crippen LogP contribution in [0.15, 0.2) is 60.8 Å². The number of amides is 6. The van der Waals surface area contributed by atoms with E-state index in [9.17, 15) is 38.3 Å². The van der Waals surface area contributed by atoms with Gasteiger partial charge in [-0.25, -0.2) is 8.78 Å². The fourth-order valence-electron chi connectivity index (χ4n) is 6.85. The topological polar surface area (TPSA) is 205 Å². The second-order valence-electron chi connectivity index (χ2n) is 16.6. The van der Waals surface area contributed by atoms with Gasteiger partial charge in [-0.3, -0.25) is 28.8 Å². The highest BCUT2D eigenvalue weighted by Crippen LogP contribution is 2.41. The maximum absolute atomic E-state index is 15.1. The number of halogens is 2. The van der Waals surface area contributed by atoms with Crippen molar-refractivity contribution in [1.29, 1.82) is 0 Å². The Morgan fingerprint density at radius 2 is 1.50 bits per heavy atom. The molecule has 14 nitrogen and oxygen atoms in total. The number of carbonyl (C=O) groups is 6. The minimum Gasteiger partial charge on any atom is -0.387 e. The Kier molecular flexibility index (Phi) is 18.4. The van der Waals surface area contributed by atoms with E-state index in [1.165, 1.54) is 18.7 Å². The van der Waals surface area contributed by atoms with Gasteiger partial charge in [0.25, 0.3) is 0 Å². The number of carbonyl (C=O) groups excluding carboxylic acids is 6. The number of rotatable bonds is 22. The SMILES string of the molecule is CC(C)CCCC(=O)N[C@@H](C)C(=O)N[C@H](C)C(=O)N[C@@H](CC(N)=O)C(=O)NCCCN(C(=O)CO)[C@@H](c1cc(-c2cc(F)ccc2F)cn1Cc1ccccc1)C(C)(C)C. The predicted molar refractivity (Wildman–Crippen MR) is 224 cm³/mol. The summed E-state index contributed by atoms with van der Waals surface area (Å²) >= 11 is 0. The van der Waals surface area contributed by atoms with Crippen molar-refractivity contribution in [3.8, 4) is 11.1 Å². The highest BCUT2D eigenvalue weighted by Gasteiger charge is 2.37. The zero-order valence-electron chi connectivity index (χ0n) is 35.6. The molecule has 0 bridgehead atoms. The van der Waals surface area contributed by atoms with Crippen LogP contribution in [0.2, 0.25) is 0 Å². The average molecular weight is 838 g/mol. The fourth-order valence-corrected chi connectivity index (χ4v) is 6.85. The number of aliphatic hydroxyl groups is 1. The second-order valence-corrected chi connectivity index (χ2v) is 16.6. The molecule has 0 spiro atoms. The molecule has 60 heavy (non-hydrogen) atoms. The third kappa shape index (κ3) is 14.9. The number of hydrogen-bond acceptors (Lipinski definition) is 7. The van der Waals surface area contributed by atoms with Crippen LogP contribution in [0.25, 0.3) is 11.1 Å². The maximum Gasteiger partial charge on any atom is 0.248 e. The van der Waals surface area contributed by atoms with Gasteiger partial charge < -0.3 is 41.6 Å². The highest BCUT2D eigenvalue weighted by molar-refractivity contribution is 5.95. The minimum atomic E-state index is -1.40. The number of nitrogens with two attached hydrogens (primary N) is 1. The van der Waals surface area contributed by atoms with Crippen LogP contribution in [-0.2, 0) is 35.3 Å². The molecule has 0 saturated heterocycles. The predicted octanol–water partition coefficient (Wildman–Crippen LogP) is 4.09. The Labute approximate surface area is 351 Å². The molecule has 0 aliphatic heterocycles. The van der Waals surface area contributed by atoms with Gasteiger partial charge in [0.15, 0.2) is 0 Å². The van der Waals surface area contributed by atoms with E-state index >= 15 is 4.39 Å². The van der Waals surface area contributed by atoms with Crippen LogP contribution in [0.4, 0.5) is 8.78 Å². The van der Waals surface area contributed by atoms with Gasteiger partial charge in [0, 0.05) is 49.1 Å². The van der Waals surface area contributed by atoms with E-state index in [-0.39, 0.29) is 37.4 Å². The molecular formula is C44H61F2N7O7. The summed E-state index contributed by atoms with van der Waals surface area (Å²) in [6.45, 7) is 12.2.